The third-order valence-corrected chi connectivity index (χ3v) is 4.60. The lowest BCUT2D eigenvalue weighted by Crippen LogP contribution is -2.31. The van der Waals surface area contributed by atoms with Crippen LogP contribution in [0.3, 0.4) is 0 Å². The number of aliphatic imine (C=N–C) groups is 1. The number of fused-ring (bicyclic) bond motifs is 1. The van der Waals surface area contributed by atoms with Gasteiger partial charge in [-0.3, -0.25) is 9.79 Å². The first kappa shape index (κ1) is 17.1. The minimum absolute atomic E-state index is 0.122. The molecule has 1 aromatic heterocycles. The van der Waals surface area contributed by atoms with E-state index in [0.717, 1.165) is 36.1 Å². The number of hydrogen-bond donors (Lipinski definition) is 2. The van der Waals surface area contributed by atoms with E-state index in [4.69, 9.17) is 5.73 Å². The van der Waals surface area contributed by atoms with Gasteiger partial charge in [0.05, 0.1) is 11.3 Å². The van der Waals surface area contributed by atoms with Crippen LogP contribution in [0.2, 0.25) is 0 Å². The third kappa shape index (κ3) is 3.55. The second kappa shape index (κ2) is 7.04. The topological polar surface area (TPSA) is 105 Å². The zero-order valence-electron chi connectivity index (χ0n) is 14.6. The molecule has 1 atom stereocenters. The predicted molar refractivity (Wildman–Crippen MR) is 98.5 cm³/mol. The summed E-state index contributed by atoms with van der Waals surface area (Å²) in [6.07, 6.45) is 8.19. The first-order valence-electron chi connectivity index (χ1n) is 8.49. The summed E-state index contributed by atoms with van der Waals surface area (Å²) in [7, 11) is 0. The number of anilines is 2. The van der Waals surface area contributed by atoms with Crippen molar-refractivity contribution in [2.75, 3.05) is 23.7 Å². The van der Waals surface area contributed by atoms with Gasteiger partial charge in [0.2, 0.25) is 0 Å². The largest absolute Gasteiger partial charge is 0.480 e. The number of carboxylic acid groups (broad SMARTS) is 1. The maximum atomic E-state index is 11.3. The molecule has 7 heteroatoms. The highest BCUT2D eigenvalue weighted by molar-refractivity contribution is 5.93. The predicted octanol–water partition coefficient (Wildman–Crippen LogP) is 2.51. The van der Waals surface area contributed by atoms with E-state index >= 15 is 0 Å². The van der Waals surface area contributed by atoms with Gasteiger partial charge < -0.3 is 15.7 Å². The lowest BCUT2D eigenvalue weighted by molar-refractivity contribution is -0.135. The zero-order valence-corrected chi connectivity index (χ0v) is 14.6. The van der Waals surface area contributed by atoms with E-state index in [1.54, 1.807) is 4.90 Å². The molecule has 25 heavy (non-hydrogen) atoms. The summed E-state index contributed by atoms with van der Waals surface area (Å²) in [6.45, 7) is 4.66. The molecule has 1 aromatic rings. The number of aromatic nitrogens is 2. The van der Waals surface area contributed by atoms with Crippen LogP contribution >= 0.6 is 0 Å². The van der Waals surface area contributed by atoms with E-state index in [1.807, 2.05) is 13.1 Å². The Morgan fingerprint density at radius 1 is 1.44 bits per heavy atom. The summed E-state index contributed by atoms with van der Waals surface area (Å²) in [6, 6.07) is 0. The van der Waals surface area contributed by atoms with Gasteiger partial charge in [-0.1, -0.05) is 18.6 Å². The quantitative estimate of drug-likeness (QED) is 0.875. The van der Waals surface area contributed by atoms with Crippen molar-refractivity contribution in [1.29, 1.82) is 0 Å². The van der Waals surface area contributed by atoms with Gasteiger partial charge in [-0.2, -0.15) is 0 Å². The van der Waals surface area contributed by atoms with Gasteiger partial charge in [0.15, 0.2) is 0 Å². The van der Waals surface area contributed by atoms with Crippen LogP contribution in [0.4, 0.5) is 11.6 Å². The summed E-state index contributed by atoms with van der Waals surface area (Å²) in [5.74, 6) is 0.425. The van der Waals surface area contributed by atoms with Gasteiger partial charge in [0.1, 0.15) is 24.5 Å². The summed E-state index contributed by atoms with van der Waals surface area (Å²) < 4.78 is 0. The maximum Gasteiger partial charge on any atom is 0.323 e. The van der Waals surface area contributed by atoms with Crippen molar-refractivity contribution >= 4 is 29.4 Å². The first-order chi connectivity index (χ1) is 12.0. The van der Waals surface area contributed by atoms with E-state index in [1.165, 1.54) is 6.33 Å². The Bertz CT molecular complexity index is 782. The van der Waals surface area contributed by atoms with Crippen molar-refractivity contribution in [1.82, 2.24) is 9.97 Å². The normalized spacial score (nSPS) is 20.6. The number of allylic oxidation sites excluding steroid dienone is 2. The number of nitrogen functional groups attached to an aromatic ring is 1. The molecule has 0 aliphatic carbocycles. The number of nitrogens with two attached hydrogens (primary N) is 1. The number of hydrogen-bond acceptors (Lipinski definition) is 6. The molecular formula is C18H23N5O2. The second-order valence-electron chi connectivity index (χ2n) is 6.60. The van der Waals surface area contributed by atoms with Gasteiger partial charge >= 0.3 is 5.97 Å². The smallest absolute Gasteiger partial charge is 0.323 e. The molecule has 0 spiro atoms. The molecule has 0 saturated carbocycles. The summed E-state index contributed by atoms with van der Waals surface area (Å²) in [5.41, 5.74) is 9.82. The third-order valence-electron chi connectivity index (χ3n) is 4.60. The molecule has 0 fully saturated rings. The van der Waals surface area contributed by atoms with Crippen LogP contribution in [0.15, 0.2) is 28.7 Å². The Balaban J connectivity index is 2.18. The highest BCUT2D eigenvalue weighted by atomic mass is 16.4. The molecule has 0 amide bonds. The highest BCUT2D eigenvalue weighted by Gasteiger charge is 2.27. The van der Waals surface area contributed by atoms with Gasteiger partial charge in [0, 0.05) is 18.3 Å². The molecule has 3 rings (SSSR count). The van der Waals surface area contributed by atoms with Crippen molar-refractivity contribution in [3.8, 4) is 0 Å². The van der Waals surface area contributed by atoms with E-state index in [2.05, 4.69) is 28.0 Å². The lowest BCUT2D eigenvalue weighted by atomic mass is 9.95. The lowest BCUT2D eigenvalue weighted by Gasteiger charge is -2.22. The zero-order chi connectivity index (χ0) is 18.0. The average molecular weight is 341 g/mol. The second-order valence-corrected chi connectivity index (χ2v) is 6.60. The Labute approximate surface area is 147 Å². The van der Waals surface area contributed by atoms with Gasteiger partial charge in [-0.25, -0.2) is 9.97 Å². The molecule has 3 N–H and O–H groups in total. The van der Waals surface area contributed by atoms with Gasteiger partial charge in [-0.15, -0.1) is 0 Å². The fourth-order valence-electron chi connectivity index (χ4n) is 3.32. The van der Waals surface area contributed by atoms with Crippen LogP contribution in [0.5, 0.6) is 0 Å². The van der Waals surface area contributed by atoms with Crippen LogP contribution in [0.1, 0.15) is 38.7 Å². The molecule has 0 radical (unpaired) electrons. The molecule has 3 heterocycles. The number of carboxylic acids is 1. The number of aliphatic carboxylic acids is 1. The van der Waals surface area contributed by atoms with Crippen molar-refractivity contribution in [3.63, 3.8) is 0 Å². The molecule has 132 valence electrons. The van der Waals surface area contributed by atoms with Crippen LogP contribution in [0.25, 0.3) is 5.57 Å². The summed E-state index contributed by atoms with van der Waals surface area (Å²) in [5, 5.41) is 9.24. The van der Waals surface area contributed by atoms with Gasteiger partial charge in [-0.05, 0) is 32.1 Å². The molecule has 7 nitrogen and oxygen atoms in total. The minimum Gasteiger partial charge on any atom is -0.480 e. The van der Waals surface area contributed by atoms with Crippen LogP contribution in [-0.4, -0.2) is 40.3 Å². The Kier molecular flexibility index (Phi) is 4.83. The van der Waals surface area contributed by atoms with Crippen LogP contribution < -0.4 is 10.6 Å². The summed E-state index contributed by atoms with van der Waals surface area (Å²) >= 11 is 0. The number of rotatable bonds is 3. The Morgan fingerprint density at radius 2 is 2.24 bits per heavy atom. The molecular weight excluding hydrogens is 318 g/mol. The van der Waals surface area contributed by atoms with Crippen LogP contribution in [0, 0.1) is 5.92 Å². The van der Waals surface area contributed by atoms with Crippen molar-refractivity contribution in [3.05, 3.63) is 29.2 Å². The molecule has 0 saturated heterocycles. The first-order valence-corrected chi connectivity index (χ1v) is 8.49. The standard InChI is InChI=1S/C18H23N5O2/c1-11-4-3-6-20-13(8-11)15-12(2)5-7-23(9-14(24)25)18-16(15)17(19)21-10-22-18/h6,8,10-11H,3-5,7,9H2,1-2H3,(H,24,25)(H2,19,21,22). The van der Waals surface area contributed by atoms with Crippen molar-refractivity contribution in [2.45, 2.75) is 33.1 Å². The maximum absolute atomic E-state index is 11.3. The fourth-order valence-corrected chi connectivity index (χ4v) is 3.32. The van der Waals surface area contributed by atoms with E-state index in [9.17, 15) is 9.90 Å². The summed E-state index contributed by atoms with van der Waals surface area (Å²) in [4.78, 5) is 26.2. The Hall–Kier alpha value is -2.70. The van der Waals surface area contributed by atoms with Gasteiger partial charge in [0.25, 0.3) is 0 Å². The minimum atomic E-state index is -0.899. The Morgan fingerprint density at radius 3 is 3.00 bits per heavy atom. The van der Waals surface area contributed by atoms with E-state index < -0.39 is 5.97 Å². The van der Waals surface area contributed by atoms with E-state index in [-0.39, 0.29) is 6.54 Å². The number of nitrogens with zero attached hydrogens (tertiary/aromatic N) is 4. The van der Waals surface area contributed by atoms with Crippen LogP contribution in [-0.2, 0) is 4.79 Å². The molecule has 0 bridgehead atoms. The monoisotopic (exact) mass is 341 g/mol. The SMILES string of the molecule is CC1=C(C2=CC(C)CCC=N2)c2c(N)ncnc2N(CC(=O)O)CC1. The number of carbonyl (C=O) groups is 1. The van der Waals surface area contributed by atoms with Crippen molar-refractivity contribution in [2.24, 2.45) is 10.9 Å². The highest BCUT2D eigenvalue weighted by Crippen LogP contribution is 2.40. The fraction of sp³-hybridized carbons (Fsp3) is 0.444. The molecule has 2 aliphatic rings. The average Bonchev–Trinajstić information content (AvgIpc) is 2.84. The molecule has 2 aliphatic heterocycles. The van der Waals surface area contributed by atoms with Crippen molar-refractivity contribution < 1.29 is 9.90 Å². The molecule has 1 unspecified atom stereocenters. The van der Waals surface area contributed by atoms with E-state index in [0.29, 0.717) is 29.7 Å². The molecule has 0 aromatic carbocycles.